The lowest BCUT2D eigenvalue weighted by Gasteiger charge is -2.13. The largest absolute Gasteiger partial charge is 0.490 e. The van der Waals surface area contributed by atoms with E-state index in [0.717, 1.165) is 5.69 Å². The molecule has 1 N–H and O–H groups in total. The molecule has 0 fully saturated rings. The second-order valence-corrected chi connectivity index (χ2v) is 5.71. The van der Waals surface area contributed by atoms with Crippen LogP contribution in [0.4, 0.5) is 0 Å². The van der Waals surface area contributed by atoms with Gasteiger partial charge >= 0.3 is 5.97 Å². The summed E-state index contributed by atoms with van der Waals surface area (Å²) in [5, 5.41) is 13.4. The van der Waals surface area contributed by atoms with Gasteiger partial charge in [0.15, 0.2) is 5.78 Å². The molecule has 0 radical (unpaired) electrons. The highest BCUT2D eigenvalue weighted by molar-refractivity contribution is 6.09. The van der Waals surface area contributed by atoms with Crippen molar-refractivity contribution in [2.75, 3.05) is 0 Å². The number of allylic oxidation sites excluding steroid dienone is 1. The van der Waals surface area contributed by atoms with Gasteiger partial charge < -0.3 is 9.84 Å². The maximum Gasteiger partial charge on any atom is 0.335 e. The van der Waals surface area contributed by atoms with Gasteiger partial charge in [-0.15, -0.1) is 0 Å². The minimum atomic E-state index is -1.09. The first kappa shape index (κ1) is 17.5. The molecular formula is C18H20N2O4. The number of carboxylic acids is 1. The van der Waals surface area contributed by atoms with E-state index in [0.29, 0.717) is 11.4 Å². The lowest BCUT2D eigenvalue weighted by Crippen LogP contribution is -2.10. The molecule has 0 unspecified atom stereocenters. The Bertz CT molecular complexity index is 784. The van der Waals surface area contributed by atoms with Gasteiger partial charge in [0.05, 0.1) is 22.9 Å². The second kappa shape index (κ2) is 7.12. The van der Waals surface area contributed by atoms with Crippen LogP contribution in [0.3, 0.4) is 0 Å². The average molecular weight is 328 g/mol. The van der Waals surface area contributed by atoms with E-state index in [9.17, 15) is 9.59 Å². The Balaban J connectivity index is 2.34. The smallest absolute Gasteiger partial charge is 0.335 e. The van der Waals surface area contributed by atoms with E-state index in [1.165, 1.54) is 24.3 Å². The number of carbonyl (C=O) groups excluding carboxylic acids is 1. The summed E-state index contributed by atoms with van der Waals surface area (Å²) in [6.45, 7) is 5.59. The van der Waals surface area contributed by atoms with Crippen LogP contribution in [0.5, 0.6) is 5.75 Å². The number of benzene rings is 1. The second-order valence-electron chi connectivity index (χ2n) is 5.71. The van der Waals surface area contributed by atoms with Gasteiger partial charge in [0.25, 0.3) is 0 Å². The lowest BCUT2D eigenvalue weighted by molar-refractivity contribution is 0.0697. The third-order valence-corrected chi connectivity index (χ3v) is 3.39. The van der Waals surface area contributed by atoms with Crippen molar-refractivity contribution in [1.29, 1.82) is 0 Å². The van der Waals surface area contributed by atoms with Crippen molar-refractivity contribution in [1.82, 2.24) is 9.78 Å². The van der Waals surface area contributed by atoms with Crippen LogP contribution in [-0.2, 0) is 7.05 Å². The van der Waals surface area contributed by atoms with Crippen molar-refractivity contribution in [3.8, 4) is 5.75 Å². The number of aromatic carboxylic acids is 1. The van der Waals surface area contributed by atoms with E-state index >= 15 is 0 Å². The molecule has 1 aromatic carbocycles. The van der Waals surface area contributed by atoms with Gasteiger partial charge in [-0.3, -0.25) is 9.48 Å². The van der Waals surface area contributed by atoms with Crippen molar-refractivity contribution in [2.24, 2.45) is 7.05 Å². The van der Waals surface area contributed by atoms with Gasteiger partial charge in [-0.1, -0.05) is 0 Å². The quantitative estimate of drug-likeness (QED) is 0.651. The summed E-state index contributed by atoms with van der Waals surface area (Å²) in [6, 6.07) is 6.11. The van der Waals surface area contributed by atoms with Crippen LogP contribution in [0.1, 0.15) is 46.0 Å². The number of aromatic nitrogens is 2. The number of hydrogen-bond acceptors (Lipinski definition) is 4. The van der Waals surface area contributed by atoms with Crippen molar-refractivity contribution in [2.45, 2.75) is 26.9 Å². The van der Waals surface area contributed by atoms with Crippen molar-refractivity contribution in [3.05, 3.63) is 52.9 Å². The van der Waals surface area contributed by atoms with Crippen LogP contribution in [0.2, 0.25) is 0 Å². The molecule has 0 aliphatic carbocycles. The Labute approximate surface area is 140 Å². The molecule has 24 heavy (non-hydrogen) atoms. The summed E-state index contributed by atoms with van der Waals surface area (Å²) in [5.41, 5.74) is 1.88. The molecule has 1 heterocycles. The number of aryl methyl sites for hydroxylation is 2. The number of hydrogen-bond donors (Lipinski definition) is 1. The van der Waals surface area contributed by atoms with Gasteiger partial charge in [-0.25, -0.2) is 4.79 Å². The molecule has 0 saturated heterocycles. The number of carbonyl (C=O) groups is 2. The minimum Gasteiger partial charge on any atom is -0.490 e. The van der Waals surface area contributed by atoms with Crippen LogP contribution in [0.15, 0.2) is 30.3 Å². The summed E-state index contributed by atoms with van der Waals surface area (Å²) in [6.07, 6.45) is 2.84. The standard InChI is InChI=1S/C18H20N2O4/c1-11(2)24-17-8-5-13(18(22)23)10-15(17)16(21)7-6-14-9-12(3)20(4)19-14/h5-11H,1-4H3,(H,22,23). The van der Waals surface area contributed by atoms with Crippen LogP contribution in [0.25, 0.3) is 6.08 Å². The molecule has 0 spiro atoms. The van der Waals surface area contributed by atoms with E-state index < -0.39 is 5.97 Å². The zero-order chi connectivity index (χ0) is 17.9. The first-order valence-electron chi connectivity index (χ1n) is 7.55. The Morgan fingerprint density at radius 3 is 2.54 bits per heavy atom. The predicted octanol–water partition coefficient (Wildman–Crippen LogP) is 3.11. The van der Waals surface area contributed by atoms with E-state index in [2.05, 4.69) is 5.10 Å². The molecular weight excluding hydrogens is 308 g/mol. The summed E-state index contributed by atoms with van der Waals surface area (Å²) in [7, 11) is 1.82. The van der Waals surface area contributed by atoms with E-state index in [4.69, 9.17) is 9.84 Å². The van der Waals surface area contributed by atoms with E-state index in [1.54, 1.807) is 10.8 Å². The predicted molar refractivity (Wildman–Crippen MR) is 90.5 cm³/mol. The van der Waals surface area contributed by atoms with Crippen molar-refractivity contribution in [3.63, 3.8) is 0 Å². The molecule has 0 atom stereocenters. The fraction of sp³-hybridized carbons (Fsp3) is 0.278. The number of rotatable bonds is 6. The third kappa shape index (κ3) is 4.10. The molecule has 0 saturated carbocycles. The molecule has 0 bridgehead atoms. The minimum absolute atomic E-state index is 0.0385. The van der Waals surface area contributed by atoms with Gasteiger partial charge in [-0.05, 0) is 57.2 Å². The highest BCUT2D eigenvalue weighted by Crippen LogP contribution is 2.23. The van der Waals surface area contributed by atoms with Crippen molar-refractivity contribution < 1.29 is 19.4 Å². The molecule has 6 heteroatoms. The van der Waals surface area contributed by atoms with Gasteiger partial charge in [0.1, 0.15) is 5.75 Å². The van der Waals surface area contributed by atoms with Gasteiger partial charge in [0, 0.05) is 12.7 Å². The van der Waals surface area contributed by atoms with Crippen LogP contribution < -0.4 is 4.74 Å². The Morgan fingerprint density at radius 1 is 1.29 bits per heavy atom. The molecule has 0 aliphatic rings. The monoisotopic (exact) mass is 328 g/mol. The summed E-state index contributed by atoms with van der Waals surface area (Å²) in [5.74, 6) is -1.07. The zero-order valence-electron chi connectivity index (χ0n) is 14.1. The average Bonchev–Trinajstić information content (AvgIpc) is 2.83. The van der Waals surface area contributed by atoms with Crippen LogP contribution in [-0.4, -0.2) is 32.7 Å². The molecule has 126 valence electrons. The fourth-order valence-corrected chi connectivity index (χ4v) is 2.13. The summed E-state index contributed by atoms with van der Waals surface area (Å²) >= 11 is 0. The summed E-state index contributed by atoms with van der Waals surface area (Å²) in [4.78, 5) is 23.6. The van der Waals surface area contributed by atoms with E-state index in [-0.39, 0.29) is 23.0 Å². The molecule has 0 aliphatic heterocycles. The van der Waals surface area contributed by atoms with Crippen molar-refractivity contribution >= 4 is 17.8 Å². The molecule has 6 nitrogen and oxygen atoms in total. The highest BCUT2D eigenvalue weighted by Gasteiger charge is 2.15. The maximum absolute atomic E-state index is 12.5. The van der Waals surface area contributed by atoms with Gasteiger partial charge in [0.2, 0.25) is 0 Å². The topological polar surface area (TPSA) is 81.4 Å². The zero-order valence-corrected chi connectivity index (χ0v) is 14.1. The number of nitrogens with zero attached hydrogens (tertiary/aromatic N) is 2. The molecule has 2 aromatic rings. The number of carboxylic acid groups (broad SMARTS) is 1. The molecule has 1 aromatic heterocycles. The van der Waals surface area contributed by atoms with Gasteiger partial charge in [-0.2, -0.15) is 5.10 Å². The highest BCUT2D eigenvalue weighted by atomic mass is 16.5. The van der Waals surface area contributed by atoms with E-state index in [1.807, 2.05) is 33.9 Å². The number of ketones is 1. The SMILES string of the molecule is Cc1cc(C=CC(=O)c2cc(C(=O)O)ccc2OC(C)C)nn1C. The fourth-order valence-electron chi connectivity index (χ4n) is 2.13. The normalized spacial score (nSPS) is 11.2. The third-order valence-electron chi connectivity index (χ3n) is 3.39. The Hall–Kier alpha value is -2.89. The lowest BCUT2D eigenvalue weighted by atomic mass is 10.0. The first-order valence-corrected chi connectivity index (χ1v) is 7.55. The number of ether oxygens (including phenoxy) is 1. The molecule has 2 rings (SSSR count). The first-order chi connectivity index (χ1) is 11.3. The molecule has 0 amide bonds. The Morgan fingerprint density at radius 2 is 2.00 bits per heavy atom. The van der Waals surface area contributed by atoms with Crippen LogP contribution >= 0.6 is 0 Å². The van der Waals surface area contributed by atoms with Crippen LogP contribution in [0, 0.1) is 6.92 Å². The summed E-state index contributed by atoms with van der Waals surface area (Å²) < 4.78 is 7.32. The maximum atomic E-state index is 12.5. The Kier molecular flexibility index (Phi) is 5.18.